The SMILES string of the molecule is COc1ccc(CCCN2CCN(C)CC2)cc1COc1ccc(Cl)cc1. The first kappa shape index (κ1) is 20.0. The highest BCUT2D eigenvalue weighted by Gasteiger charge is 2.13. The minimum absolute atomic E-state index is 0.483. The lowest BCUT2D eigenvalue weighted by Gasteiger charge is -2.32. The Morgan fingerprint density at radius 1 is 1.00 bits per heavy atom. The van der Waals surface area contributed by atoms with E-state index in [0.29, 0.717) is 11.6 Å². The van der Waals surface area contributed by atoms with Crippen molar-refractivity contribution in [3.05, 3.63) is 58.6 Å². The van der Waals surface area contributed by atoms with E-state index in [1.165, 1.54) is 38.2 Å². The molecule has 0 atom stereocenters. The van der Waals surface area contributed by atoms with Gasteiger partial charge >= 0.3 is 0 Å². The predicted octanol–water partition coefficient (Wildman–Crippen LogP) is 4.11. The molecule has 0 radical (unpaired) electrons. The van der Waals surface area contributed by atoms with Crippen LogP contribution in [0.2, 0.25) is 5.02 Å². The molecule has 146 valence electrons. The van der Waals surface area contributed by atoms with Gasteiger partial charge in [0.1, 0.15) is 18.1 Å². The highest BCUT2D eigenvalue weighted by Crippen LogP contribution is 2.23. The van der Waals surface area contributed by atoms with Crippen LogP contribution in [0.4, 0.5) is 0 Å². The lowest BCUT2D eigenvalue weighted by molar-refractivity contribution is 0.153. The van der Waals surface area contributed by atoms with E-state index in [9.17, 15) is 0 Å². The van der Waals surface area contributed by atoms with Crippen LogP contribution in [0.5, 0.6) is 11.5 Å². The van der Waals surface area contributed by atoms with Gasteiger partial charge in [-0.1, -0.05) is 17.7 Å². The molecular weight excluding hydrogens is 360 g/mol. The smallest absolute Gasteiger partial charge is 0.125 e. The largest absolute Gasteiger partial charge is 0.496 e. The number of methoxy groups -OCH3 is 1. The first-order chi connectivity index (χ1) is 13.1. The van der Waals surface area contributed by atoms with Crippen molar-refractivity contribution in [1.29, 1.82) is 0 Å². The Morgan fingerprint density at radius 2 is 1.74 bits per heavy atom. The van der Waals surface area contributed by atoms with Crippen LogP contribution in [0.3, 0.4) is 0 Å². The third-order valence-corrected chi connectivity index (χ3v) is 5.34. The van der Waals surface area contributed by atoms with E-state index in [2.05, 4.69) is 29.0 Å². The molecule has 4 nitrogen and oxygen atoms in total. The standard InChI is InChI=1S/C22H29ClN2O2/c1-24-12-14-25(15-13-24)11-3-4-18-5-10-22(26-2)19(16-18)17-27-21-8-6-20(23)7-9-21/h5-10,16H,3-4,11-15,17H2,1-2H3. The first-order valence-electron chi connectivity index (χ1n) is 9.59. The Kier molecular flexibility index (Phi) is 7.39. The summed E-state index contributed by atoms with van der Waals surface area (Å²) < 4.78 is 11.4. The number of ether oxygens (including phenoxy) is 2. The van der Waals surface area contributed by atoms with Gasteiger partial charge in [0.05, 0.1) is 7.11 Å². The molecular formula is C22H29ClN2O2. The van der Waals surface area contributed by atoms with Crippen LogP contribution in [0, 0.1) is 0 Å². The zero-order valence-electron chi connectivity index (χ0n) is 16.3. The van der Waals surface area contributed by atoms with Crippen LogP contribution in [0.25, 0.3) is 0 Å². The van der Waals surface area contributed by atoms with E-state index in [-0.39, 0.29) is 0 Å². The highest BCUT2D eigenvalue weighted by molar-refractivity contribution is 6.30. The summed E-state index contributed by atoms with van der Waals surface area (Å²) in [5.74, 6) is 1.67. The van der Waals surface area contributed by atoms with Crippen LogP contribution < -0.4 is 9.47 Å². The molecule has 3 rings (SSSR count). The van der Waals surface area contributed by atoms with E-state index in [4.69, 9.17) is 21.1 Å². The molecule has 1 aliphatic rings. The monoisotopic (exact) mass is 388 g/mol. The normalized spacial score (nSPS) is 15.7. The van der Waals surface area contributed by atoms with Crippen molar-refractivity contribution in [2.75, 3.05) is 46.9 Å². The molecule has 0 aromatic heterocycles. The van der Waals surface area contributed by atoms with Crippen LogP contribution in [0.15, 0.2) is 42.5 Å². The van der Waals surface area contributed by atoms with Crippen LogP contribution in [-0.2, 0) is 13.0 Å². The average Bonchev–Trinajstić information content (AvgIpc) is 2.69. The number of rotatable bonds is 8. The van der Waals surface area contributed by atoms with Gasteiger partial charge in [0, 0.05) is 36.8 Å². The topological polar surface area (TPSA) is 24.9 Å². The predicted molar refractivity (Wildman–Crippen MR) is 111 cm³/mol. The summed E-state index contributed by atoms with van der Waals surface area (Å²) in [6.45, 7) is 6.36. The first-order valence-corrected chi connectivity index (χ1v) is 9.97. The maximum Gasteiger partial charge on any atom is 0.125 e. The molecule has 0 N–H and O–H groups in total. The summed E-state index contributed by atoms with van der Waals surface area (Å²) >= 11 is 5.93. The molecule has 0 spiro atoms. The summed E-state index contributed by atoms with van der Waals surface area (Å²) in [6, 6.07) is 13.9. The fourth-order valence-electron chi connectivity index (χ4n) is 3.37. The average molecular weight is 389 g/mol. The molecule has 0 aliphatic carbocycles. The zero-order valence-corrected chi connectivity index (χ0v) is 17.0. The Hall–Kier alpha value is -1.75. The molecule has 2 aromatic rings. The van der Waals surface area contributed by atoms with E-state index in [0.717, 1.165) is 30.0 Å². The van der Waals surface area contributed by atoms with Gasteiger partial charge in [-0.25, -0.2) is 0 Å². The van der Waals surface area contributed by atoms with E-state index < -0.39 is 0 Å². The van der Waals surface area contributed by atoms with Crippen molar-refractivity contribution in [3.8, 4) is 11.5 Å². The molecule has 1 heterocycles. The molecule has 1 aliphatic heterocycles. The Morgan fingerprint density at radius 3 is 2.44 bits per heavy atom. The number of piperazine rings is 1. The maximum atomic E-state index is 5.93. The Bertz CT molecular complexity index is 713. The number of benzene rings is 2. The zero-order chi connectivity index (χ0) is 19.1. The lowest BCUT2D eigenvalue weighted by Crippen LogP contribution is -2.44. The van der Waals surface area contributed by atoms with Gasteiger partial charge in [0.25, 0.3) is 0 Å². The van der Waals surface area contributed by atoms with Gasteiger partial charge in [-0.3, -0.25) is 0 Å². The number of likely N-dealkylation sites (N-methyl/N-ethyl adjacent to an activating group) is 1. The molecule has 0 bridgehead atoms. The Balaban J connectivity index is 1.53. The summed E-state index contributed by atoms with van der Waals surface area (Å²) in [5.41, 5.74) is 2.41. The van der Waals surface area contributed by atoms with Gasteiger partial charge in [0.15, 0.2) is 0 Å². The van der Waals surface area contributed by atoms with Crippen molar-refractivity contribution >= 4 is 11.6 Å². The van der Waals surface area contributed by atoms with E-state index >= 15 is 0 Å². The van der Waals surface area contributed by atoms with E-state index in [1.54, 1.807) is 7.11 Å². The quantitative estimate of drug-likeness (QED) is 0.679. The maximum absolute atomic E-state index is 5.93. The summed E-state index contributed by atoms with van der Waals surface area (Å²) in [6.07, 6.45) is 2.25. The van der Waals surface area contributed by atoms with Crippen LogP contribution >= 0.6 is 11.6 Å². The number of halogens is 1. The Labute approximate surface area is 167 Å². The third kappa shape index (κ3) is 6.13. The highest BCUT2D eigenvalue weighted by atomic mass is 35.5. The van der Waals surface area contributed by atoms with Crippen LogP contribution in [-0.4, -0.2) is 56.7 Å². The van der Waals surface area contributed by atoms with Gasteiger partial charge in [0.2, 0.25) is 0 Å². The second-order valence-electron chi connectivity index (χ2n) is 7.14. The van der Waals surface area contributed by atoms with Gasteiger partial charge in [-0.2, -0.15) is 0 Å². The molecule has 0 unspecified atom stereocenters. The van der Waals surface area contributed by atoms with Crippen molar-refractivity contribution in [2.45, 2.75) is 19.4 Å². The molecule has 2 aromatic carbocycles. The summed E-state index contributed by atoms with van der Waals surface area (Å²) in [4.78, 5) is 4.96. The minimum atomic E-state index is 0.483. The number of hydrogen-bond acceptors (Lipinski definition) is 4. The number of nitrogens with zero attached hydrogens (tertiary/aromatic N) is 2. The second kappa shape index (κ2) is 9.98. The van der Waals surface area contributed by atoms with Crippen LogP contribution in [0.1, 0.15) is 17.5 Å². The lowest BCUT2D eigenvalue weighted by atomic mass is 10.1. The third-order valence-electron chi connectivity index (χ3n) is 5.09. The van der Waals surface area contributed by atoms with Crippen molar-refractivity contribution in [3.63, 3.8) is 0 Å². The van der Waals surface area contributed by atoms with Crippen molar-refractivity contribution in [1.82, 2.24) is 9.80 Å². The number of hydrogen-bond donors (Lipinski definition) is 0. The van der Waals surface area contributed by atoms with Crippen molar-refractivity contribution < 1.29 is 9.47 Å². The fraction of sp³-hybridized carbons (Fsp3) is 0.455. The molecule has 5 heteroatoms. The molecule has 0 saturated carbocycles. The number of aryl methyl sites for hydroxylation is 1. The minimum Gasteiger partial charge on any atom is -0.496 e. The second-order valence-corrected chi connectivity index (χ2v) is 7.57. The molecule has 1 saturated heterocycles. The van der Waals surface area contributed by atoms with E-state index in [1.807, 2.05) is 30.3 Å². The molecule has 0 amide bonds. The van der Waals surface area contributed by atoms with Gasteiger partial charge in [-0.15, -0.1) is 0 Å². The summed E-state index contributed by atoms with van der Waals surface area (Å²) in [7, 11) is 3.90. The summed E-state index contributed by atoms with van der Waals surface area (Å²) in [5, 5.41) is 0.710. The van der Waals surface area contributed by atoms with Gasteiger partial charge in [-0.05, 0) is 68.4 Å². The molecule has 1 fully saturated rings. The molecule has 27 heavy (non-hydrogen) atoms. The fourth-order valence-corrected chi connectivity index (χ4v) is 3.50. The van der Waals surface area contributed by atoms with Gasteiger partial charge < -0.3 is 19.3 Å². The van der Waals surface area contributed by atoms with Crippen molar-refractivity contribution in [2.24, 2.45) is 0 Å².